The molecule has 0 rings (SSSR count). The topological polar surface area (TPSA) is 159 Å². The number of unbranched alkanes of at least 4 members (excludes halogenated alkanes) is 1. The van der Waals surface area contributed by atoms with Crippen LogP contribution in [0.2, 0.25) is 0 Å². The van der Waals surface area contributed by atoms with Crippen LogP contribution in [0.25, 0.3) is 0 Å². The molecular formula is C8H14K2O10S2. The molecule has 0 aliphatic heterocycles. The Labute approximate surface area is 215 Å². The summed E-state index contributed by atoms with van der Waals surface area (Å²) in [4.78, 5) is 10.7. The van der Waals surface area contributed by atoms with E-state index in [-0.39, 0.29) is 109 Å². The molecule has 0 unspecified atom stereocenters. The molecule has 10 nitrogen and oxygen atoms in total. The van der Waals surface area contributed by atoms with Gasteiger partial charge in [-0.05, 0) is 13.3 Å². The molecule has 0 aromatic heterocycles. The molecule has 0 fully saturated rings. The molecule has 0 bridgehead atoms. The van der Waals surface area contributed by atoms with Gasteiger partial charge in [-0.25, -0.2) is 21.6 Å². The molecule has 0 N–H and O–H groups in total. The normalized spacial score (nSPS) is 10.2. The number of esters is 1. The predicted molar refractivity (Wildman–Crippen MR) is 62.2 cm³/mol. The first-order valence-electron chi connectivity index (χ1n) is 5.01. The second kappa shape index (κ2) is 16.7. The summed E-state index contributed by atoms with van der Waals surface area (Å²) in [6.07, 6.45) is 1.97. The molecular weight excluding hydrogens is 398 g/mol. The van der Waals surface area contributed by atoms with Crippen molar-refractivity contribution in [3.8, 4) is 0 Å². The number of ether oxygens (including phenoxy) is 1. The minimum Gasteiger partial charge on any atom is -0.724 e. The molecule has 120 valence electrons. The molecule has 0 atom stereocenters. The third-order valence-corrected chi connectivity index (χ3v) is 1.83. The maximum atomic E-state index is 10.7. The summed E-state index contributed by atoms with van der Waals surface area (Å²) in [6.45, 7) is 7.67. The van der Waals surface area contributed by atoms with Crippen molar-refractivity contribution in [2.75, 3.05) is 6.61 Å². The van der Waals surface area contributed by atoms with Crippen LogP contribution in [-0.4, -0.2) is 38.5 Å². The monoisotopic (exact) mass is 412 g/mol. The molecule has 0 aromatic carbocycles. The Morgan fingerprint density at radius 1 is 1.05 bits per heavy atom. The van der Waals surface area contributed by atoms with Gasteiger partial charge in [0, 0.05) is 5.57 Å². The van der Waals surface area contributed by atoms with E-state index in [9.17, 15) is 30.7 Å². The smallest absolute Gasteiger partial charge is 0.724 e. The van der Waals surface area contributed by atoms with Crippen molar-refractivity contribution >= 4 is 26.8 Å². The number of hydrogen-bond acceptors (Lipinski definition) is 10. The van der Waals surface area contributed by atoms with Gasteiger partial charge in [-0.15, -0.1) is 8.67 Å². The van der Waals surface area contributed by atoms with Crippen LogP contribution in [-0.2, 0) is 39.0 Å². The van der Waals surface area contributed by atoms with E-state index in [2.05, 4.69) is 22.2 Å². The summed E-state index contributed by atoms with van der Waals surface area (Å²) in [6, 6.07) is 0. The molecule has 0 spiro atoms. The molecule has 0 heterocycles. The van der Waals surface area contributed by atoms with Crippen LogP contribution in [0.3, 0.4) is 0 Å². The van der Waals surface area contributed by atoms with Gasteiger partial charge >= 0.3 is 109 Å². The van der Waals surface area contributed by atoms with Crippen LogP contribution in [0.15, 0.2) is 12.2 Å². The van der Waals surface area contributed by atoms with E-state index in [1.807, 2.05) is 0 Å². The second-order valence-corrected chi connectivity index (χ2v) is 5.13. The maximum absolute atomic E-state index is 10.7. The molecule has 0 aliphatic carbocycles. The van der Waals surface area contributed by atoms with Gasteiger partial charge in [-0.3, -0.25) is 0 Å². The quantitative estimate of drug-likeness (QED) is 0.0575. The number of hydrogen-bond donors (Lipinski definition) is 0. The second-order valence-electron chi connectivity index (χ2n) is 3.22. The molecule has 0 amide bonds. The van der Waals surface area contributed by atoms with E-state index in [1.54, 1.807) is 6.92 Å². The van der Waals surface area contributed by atoms with E-state index in [4.69, 9.17) is 4.74 Å². The first kappa shape index (κ1) is 31.9. The summed E-state index contributed by atoms with van der Waals surface area (Å²) < 4.78 is 66.3. The standard InChI is InChI=1S/C8H14O2.2K.H2O8S2/c1-4-5-6-10-8(9)7(2)3;;;1-9(2,3)7-8-10(4,5)6/h2,4-6H2,1,3H3;;;(H,1,2,3)(H,4,5,6)/q;2*+1;/p-2. The zero-order valence-electron chi connectivity index (χ0n) is 12.7. The van der Waals surface area contributed by atoms with Crippen LogP contribution >= 0.6 is 0 Å². The summed E-state index contributed by atoms with van der Waals surface area (Å²) >= 11 is 0. The molecule has 0 saturated carbocycles. The number of rotatable bonds is 7. The van der Waals surface area contributed by atoms with Gasteiger partial charge < -0.3 is 13.8 Å². The van der Waals surface area contributed by atoms with Crippen molar-refractivity contribution in [3.63, 3.8) is 0 Å². The maximum Gasteiger partial charge on any atom is 1.00 e. The molecule has 0 radical (unpaired) electrons. The Morgan fingerprint density at radius 3 is 1.64 bits per heavy atom. The fourth-order valence-corrected chi connectivity index (χ4v) is 1.04. The van der Waals surface area contributed by atoms with Gasteiger partial charge in [0.25, 0.3) is 0 Å². The molecule has 0 aliphatic rings. The van der Waals surface area contributed by atoms with Crippen molar-refractivity contribution in [3.05, 3.63) is 12.2 Å². The van der Waals surface area contributed by atoms with Crippen molar-refractivity contribution in [1.82, 2.24) is 0 Å². The van der Waals surface area contributed by atoms with E-state index in [1.165, 1.54) is 0 Å². The average molecular weight is 413 g/mol. The summed E-state index contributed by atoms with van der Waals surface area (Å²) in [5.74, 6) is -0.284. The first-order valence-corrected chi connectivity index (χ1v) is 7.67. The van der Waals surface area contributed by atoms with E-state index in [0.29, 0.717) is 12.2 Å². The van der Waals surface area contributed by atoms with Crippen LogP contribution < -0.4 is 103 Å². The minimum atomic E-state index is -5.31. The predicted octanol–water partition coefficient (Wildman–Crippen LogP) is -6.23. The van der Waals surface area contributed by atoms with Crippen LogP contribution in [0.4, 0.5) is 0 Å². The summed E-state index contributed by atoms with van der Waals surface area (Å²) in [5.41, 5.74) is 0.469. The van der Waals surface area contributed by atoms with Crippen molar-refractivity contribution in [1.29, 1.82) is 0 Å². The Bertz CT molecular complexity index is 481. The SMILES string of the molecule is C=C(C)C(=O)OCCCC.O=S(=O)([O-])OOS(=O)(=O)[O-].[K+].[K+]. The van der Waals surface area contributed by atoms with Crippen molar-refractivity contribution in [2.24, 2.45) is 0 Å². The van der Waals surface area contributed by atoms with Crippen molar-refractivity contribution in [2.45, 2.75) is 26.7 Å². The largest absolute Gasteiger partial charge is 1.00 e. The zero-order valence-corrected chi connectivity index (χ0v) is 20.6. The Kier molecular flexibility index (Phi) is 24.2. The number of carbonyl (C=O) groups is 1. The third kappa shape index (κ3) is 30.1. The minimum absolute atomic E-state index is 0. The van der Waals surface area contributed by atoms with Gasteiger partial charge in [0.05, 0.1) is 6.61 Å². The summed E-state index contributed by atoms with van der Waals surface area (Å²) in [5, 5.41) is 0. The summed E-state index contributed by atoms with van der Waals surface area (Å²) in [7, 11) is -10.6. The molecule has 0 saturated heterocycles. The van der Waals surface area contributed by atoms with E-state index < -0.39 is 20.8 Å². The fourth-order valence-electron chi connectivity index (χ4n) is 0.500. The van der Waals surface area contributed by atoms with Crippen molar-refractivity contribution < 1.29 is 147 Å². The zero-order chi connectivity index (χ0) is 16.4. The molecule has 22 heavy (non-hydrogen) atoms. The third-order valence-electron chi connectivity index (χ3n) is 1.27. The first-order chi connectivity index (χ1) is 8.89. The van der Waals surface area contributed by atoms with Crippen LogP contribution in [0, 0.1) is 0 Å². The van der Waals surface area contributed by atoms with Gasteiger partial charge in [0.1, 0.15) is 0 Å². The van der Waals surface area contributed by atoms with Gasteiger partial charge in [-0.1, -0.05) is 19.9 Å². The Morgan fingerprint density at radius 2 is 1.41 bits per heavy atom. The van der Waals surface area contributed by atoms with E-state index in [0.717, 1.165) is 12.8 Å². The van der Waals surface area contributed by atoms with E-state index >= 15 is 0 Å². The average Bonchev–Trinajstić information content (AvgIpc) is 2.25. The number of carbonyl (C=O) groups excluding carboxylic acids is 1. The Hall–Kier alpha value is 2.22. The van der Waals surface area contributed by atoms with Crippen LogP contribution in [0.1, 0.15) is 26.7 Å². The van der Waals surface area contributed by atoms with Crippen LogP contribution in [0.5, 0.6) is 0 Å². The molecule has 0 aromatic rings. The Balaban J connectivity index is -0.000000135. The fraction of sp³-hybridized carbons (Fsp3) is 0.625. The van der Waals surface area contributed by atoms with Gasteiger partial charge in [0.15, 0.2) is 0 Å². The van der Waals surface area contributed by atoms with Gasteiger partial charge in [-0.2, -0.15) is 0 Å². The van der Waals surface area contributed by atoms with Gasteiger partial charge in [0.2, 0.25) is 20.8 Å². The molecule has 14 heteroatoms.